The van der Waals surface area contributed by atoms with Gasteiger partial charge in [0.1, 0.15) is 5.75 Å². The van der Waals surface area contributed by atoms with Gasteiger partial charge in [-0.05, 0) is 62.2 Å². The van der Waals surface area contributed by atoms with Gasteiger partial charge in [-0.2, -0.15) is 0 Å². The summed E-state index contributed by atoms with van der Waals surface area (Å²) in [6, 6.07) is 13.8. The summed E-state index contributed by atoms with van der Waals surface area (Å²) in [6.07, 6.45) is 1.06. The van der Waals surface area contributed by atoms with Crippen molar-refractivity contribution in [1.82, 2.24) is 5.32 Å². The second-order valence-electron chi connectivity index (χ2n) is 5.48. The molecule has 0 bridgehead atoms. The molecule has 0 aliphatic carbocycles. The molecule has 0 heterocycles. The smallest absolute Gasteiger partial charge is 0.120 e. The third-order valence-corrected chi connectivity index (χ3v) is 3.77. The van der Waals surface area contributed by atoms with Crippen LogP contribution in [-0.2, 0) is 13.0 Å². The van der Waals surface area contributed by atoms with E-state index in [1.165, 1.54) is 5.56 Å². The zero-order chi connectivity index (χ0) is 15.9. The van der Waals surface area contributed by atoms with Crippen LogP contribution in [0.5, 0.6) is 5.75 Å². The predicted molar refractivity (Wildman–Crippen MR) is 94.1 cm³/mol. The molecule has 0 unspecified atom stereocenters. The van der Waals surface area contributed by atoms with E-state index in [1.807, 2.05) is 38.1 Å². The number of hydrogen-bond acceptors (Lipinski definition) is 2. The first-order valence-electron chi connectivity index (χ1n) is 7.45. The van der Waals surface area contributed by atoms with Crippen LogP contribution < -0.4 is 10.1 Å². The summed E-state index contributed by atoms with van der Waals surface area (Å²) in [6.45, 7) is 5.72. The van der Waals surface area contributed by atoms with Crippen molar-refractivity contribution >= 4 is 23.2 Å². The van der Waals surface area contributed by atoms with Crippen molar-refractivity contribution in [2.75, 3.05) is 6.54 Å². The summed E-state index contributed by atoms with van der Waals surface area (Å²) in [4.78, 5) is 0. The molecule has 0 radical (unpaired) electrons. The zero-order valence-corrected chi connectivity index (χ0v) is 14.4. The Hall–Kier alpha value is -1.22. The van der Waals surface area contributed by atoms with Gasteiger partial charge in [-0.3, -0.25) is 0 Å². The van der Waals surface area contributed by atoms with E-state index >= 15 is 0 Å². The fourth-order valence-electron chi connectivity index (χ4n) is 2.18. The molecule has 0 spiro atoms. The van der Waals surface area contributed by atoms with Crippen LogP contribution in [-0.4, -0.2) is 12.6 Å². The maximum atomic E-state index is 6.17. The molecule has 4 heteroatoms. The van der Waals surface area contributed by atoms with Crippen molar-refractivity contribution in [3.8, 4) is 5.75 Å². The SMILES string of the molecule is CC(C)Oc1cccc(CNCCc2ccc(Cl)cc2Cl)c1. The first-order valence-corrected chi connectivity index (χ1v) is 8.20. The third-order valence-electron chi connectivity index (χ3n) is 3.19. The average molecular weight is 338 g/mol. The van der Waals surface area contributed by atoms with Crippen molar-refractivity contribution in [2.45, 2.75) is 32.9 Å². The highest BCUT2D eigenvalue weighted by atomic mass is 35.5. The van der Waals surface area contributed by atoms with E-state index in [-0.39, 0.29) is 6.10 Å². The third kappa shape index (κ3) is 5.53. The molecule has 2 aromatic rings. The van der Waals surface area contributed by atoms with Gasteiger partial charge in [-0.1, -0.05) is 41.4 Å². The first kappa shape index (κ1) is 17.1. The molecule has 0 aromatic heterocycles. The van der Waals surface area contributed by atoms with Crippen molar-refractivity contribution < 1.29 is 4.74 Å². The van der Waals surface area contributed by atoms with Gasteiger partial charge in [0.05, 0.1) is 6.10 Å². The van der Waals surface area contributed by atoms with Crippen molar-refractivity contribution in [1.29, 1.82) is 0 Å². The highest BCUT2D eigenvalue weighted by molar-refractivity contribution is 6.35. The van der Waals surface area contributed by atoms with Gasteiger partial charge in [0.2, 0.25) is 0 Å². The van der Waals surface area contributed by atoms with Gasteiger partial charge in [0, 0.05) is 16.6 Å². The molecule has 0 amide bonds. The van der Waals surface area contributed by atoms with Gasteiger partial charge in [0.15, 0.2) is 0 Å². The largest absolute Gasteiger partial charge is 0.491 e. The first-order chi connectivity index (χ1) is 10.5. The Morgan fingerprint density at radius 3 is 2.64 bits per heavy atom. The quantitative estimate of drug-likeness (QED) is 0.708. The van der Waals surface area contributed by atoms with Crippen molar-refractivity contribution in [3.63, 3.8) is 0 Å². The van der Waals surface area contributed by atoms with E-state index in [9.17, 15) is 0 Å². The van der Waals surface area contributed by atoms with Crippen LogP contribution in [0.25, 0.3) is 0 Å². The van der Waals surface area contributed by atoms with Gasteiger partial charge < -0.3 is 10.1 Å². The number of rotatable bonds is 7. The Labute approximate surface area is 142 Å². The van der Waals surface area contributed by atoms with Gasteiger partial charge >= 0.3 is 0 Å². The van der Waals surface area contributed by atoms with E-state index in [2.05, 4.69) is 17.4 Å². The van der Waals surface area contributed by atoms with Gasteiger partial charge in [-0.25, -0.2) is 0 Å². The minimum Gasteiger partial charge on any atom is -0.491 e. The molecule has 0 atom stereocenters. The number of hydrogen-bond donors (Lipinski definition) is 1. The van der Waals surface area contributed by atoms with E-state index in [0.29, 0.717) is 5.02 Å². The lowest BCUT2D eigenvalue weighted by Crippen LogP contribution is -2.17. The van der Waals surface area contributed by atoms with Crippen LogP contribution >= 0.6 is 23.2 Å². The van der Waals surface area contributed by atoms with Crippen molar-refractivity contribution in [2.24, 2.45) is 0 Å². The summed E-state index contributed by atoms with van der Waals surface area (Å²) in [5.41, 5.74) is 2.32. The molecule has 2 rings (SSSR count). The van der Waals surface area contributed by atoms with E-state index in [0.717, 1.165) is 35.8 Å². The maximum Gasteiger partial charge on any atom is 0.120 e. The van der Waals surface area contributed by atoms with E-state index < -0.39 is 0 Å². The minimum atomic E-state index is 0.190. The fraction of sp³-hybridized carbons (Fsp3) is 0.333. The summed E-state index contributed by atoms with van der Waals surface area (Å²) in [5.74, 6) is 0.912. The van der Waals surface area contributed by atoms with Crippen LogP contribution in [0.2, 0.25) is 10.0 Å². The lowest BCUT2D eigenvalue weighted by Gasteiger charge is -2.11. The van der Waals surface area contributed by atoms with Crippen LogP contribution in [0.3, 0.4) is 0 Å². The Bertz CT molecular complexity index is 614. The topological polar surface area (TPSA) is 21.3 Å². The van der Waals surface area contributed by atoms with Crippen LogP contribution in [0.15, 0.2) is 42.5 Å². The summed E-state index contributed by atoms with van der Waals surface area (Å²) in [5, 5.41) is 4.82. The zero-order valence-electron chi connectivity index (χ0n) is 12.9. The van der Waals surface area contributed by atoms with Crippen LogP contribution in [0, 0.1) is 0 Å². The maximum absolute atomic E-state index is 6.17. The molecular weight excluding hydrogens is 317 g/mol. The molecule has 0 fully saturated rings. The minimum absolute atomic E-state index is 0.190. The number of benzene rings is 2. The monoisotopic (exact) mass is 337 g/mol. The number of ether oxygens (including phenoxy) is 1. The Morgan fingerprint density at radius 2 is 1.91 bits per heavy atom. The standard InChI is InChI=1S/C18H21Cl2NO/c1-13(2)22-17-5-3-4-14(10-17)12-21-9-8-15-6-7-16(19)11-18(15)20/h3-7,10-11,13,21H,8-9,12H2,1-2H3. The Kier molecular flexibility index (Phi) is 6.56. The highest BCUT2D eigenvalue weighted by Gasteiger charge is 2.02. The molecule has 0 saturated heterocycles. The summed E-state index contributed by atoms with van der Waals surface area (Å²) < 4.78 is 5.70. The van der Waals surface area contributed by atoms with Crippen LogP contribution in [0.1, 0.15) is 25.0 Å². The molecule has 1 N–H and O–H groups in total. The Morgan fingerprint density at radius 1 is 1.09 bits per heavy atom. The number of nitrogens with one attached hydrogen (secondary N) is 1. The van der Waals surface area contributed by atoms with Gasteiger partial charge in [0.25, 0.3) is 0 Å². The van der Waals surface area contributed by atoms with E-state index in [1.54, 1.807) is 6.07 Å². The Balaban J connectivity index is 1.81. The predicted octanol–water partition coefficient (Wildman–Crippen LogP) is 5.11. The lowest BCUT2D eigenvalue weighted by molar-refractivity contribution is 0.242. The summed E-state index contributed by atoms with van der Waals surface area (Å²) in [7, 11) is 0. The molecular formula is C18H21Cl2NO. The molecule has 0 saturated carbocycles. The lowest BCUT2D eigenvalue weighted by atomic mass is 10.1. The molecule has 0 aliphatic heterocycles. The average Bonchev–Trinajstić information content (AvgIpc) is 2.45. The van der Waals surface area contributed by atoms with E-state index in [4.69, 9.17) is 27.9 Å². The number of halogens is 2. The normalized spacial score (nSPS) is 11.0. The molecule has 22 heavy (non-hydrogen) atoms. The second kappa shape index (κ2) is 8.42. The molecule has 0 aliphatic rings. The van der Waals surface area contributed by atoms with Crippen LogP contribution in [0.4, 0.5) is 0 Å². The second-order valence-corrected chi connectivity index (χ2v) is 6.32. The molecule has 118 valence electrons. The van der Waals surface area contributed by atoms with Gasteiger partial charge in [-0.15, -0.1) is 0 Å². The summed E-state index contributed by atoms with van der Waals surface area (Å²) >= 11 is 12.1. The molecule has 2 aromatic carbocycles. The van der Waals surface area contributed by atoms with Crippen molar-refractivity contribution in [3.05, 3.63) is 63.6 Å². The fourth-order valence-corrected chi connectivity index (χ4v) is 2.68. The highest BCUT2D eigenvalue weighted by Crippen LogP contribution is 2.21. The molecule has 2 nitrogen and oxygen atoms in total.